The Labute approximate surface area is 162 Å². The van der Waals surface area contributed by atoms with E-state index >= 15 is 0 Å². The molecule has 1 fully saturated rings. The predicted molar refractivity (Wildman–Crippen MR) is 103 cm³/mol. The van der Waals surface area contributed by atoms with Gasteiger partial charge in [0.1, 0.15) is 23.2 Å². The first kappa shape index (κ1) is 17.7. The number of H-pyrrole nitrogens is 1. The fourth-order valence-corrected chi connectivity index (χ4v) is 4.09. The Hall–Kier alpha value is -2.67. The van der Waals surface area contributed by atoms with Crippen LogP contribution < -0.4 is 4.74 Å². The molecule has 1 atom stereocenters. The predicted octanol–water partition coefficient (Wildman–Crippen LogP) is 3.74. The third-order valence-corrected chi connectivity index (χ3v) is 5.57. The van der Waals surface area contributed by atoms with Crippen LogP contribution in [0.2, 0.25) is 0 Å². The van der Waals surface area contributed by atoms with E-state index in [9.17, 15) is 4.79 Å². The molecule has 1 saturated heterocycles. The molecule has 1 aromatic carbocycles. The Morgan fingerprint density at radius 3 is 3.00 bits per heavy atom. The first-order chi connectivity index (χ1) is 13.3. The third-order valence-electron chi connectivity index (χ3n) is 4.70. The van der Waals surface area contributed by atoms with E-state index in [1.165, 1.54) is 11.3 Å². The Morgan fingerprint density at radius 2 is 2.19 bits per heavy atom. The first-order valence-electron chi connectivity index (χ1n) is 9.19. The molecular weight excluding hydrogens is 360 g/mol. The van der Waals surface area contributed by atoms with E-state index in [0.717, 1.165) is 48.1 Å². The molecule has 0 bridgehead atoms. The normalized spacial score (nSPS) is 17.0. The lowest BCUT2D eigenvalue weighted by molar-refractivity contribution is -0.134. The lowest BCUT2D eigenvalue weighted by Gasteiger charge is -2.34. The lowest BCUT2D eigenvalue weighted by Crippen LogP contribution is -2.39. The molecule has 3 heterocycles. The van der Waals surface area contributed by atoms with E-state index in [4.69, 9.17) is 4.74 Å². The van der Waals surface area contributed by atoms with E-state index in [1.807, 2.05) is 46.8 Å². The van der Waals surface area contributed by atoms with Crippen LogP contribution in [0.3, 0.4) is 0 Å². The number of likely N-dealkylation sites (tertiary alicyclic amines) is 1. The molecule has 1 unspecified atom stereocenters. The molecule has 0 radical (unpaired) electrons. The number of nitrogens with zero attached hydrogens (tertiary/aromatic N) is 3. The molecular formula is C20H22N4O2S. The van der Waals surface area contributed by atoms with Crippen LogP contribution in [0.5, 0.6) is 5.75 Å². The van der Waals surface area contributed by atoms with Crippen LogP contribution in [0.15, 0.2) is 48.1 Å². The number of benzene rings is 1. The topological polar surface area (TPSA) is 71.1 Å². The van der Waals surface area contributed by atoms with Gasteiger partial charge < -0.3 is 14.6 Å². The van der Waals surface area contributed by atoms with Crippen molar-refractivity contribution in [1.29, 1.82) is 0 Å². The number of aromatic nitrogens is 3. The number of carbonyl (C=O) groups excluding carboxylic acids is 1. The second kappa shape index (κ2) is 8.35. The minimum absolute atomic E-state index is 0.0424. The van der Waals surface area contributed by atoms with Gasteiger partial charge in [0.2, 0.25) is 5.91 Å². The number of rotatable bonds is 6. The summed E-state index contributed by atoms with van der Waals surface area (Å²) >= 11 is 1.53. The highest BCUT2D eigenvalue weighted by molar-refractivity contribution is 7.09. The van der Waals surface area contributed by atoms with Crippen LogP contribution in [0.25, 0.3) is 0 Å². The Balaban J connectivity index is 1.37. The highest BCUT2D eigenvalue weighted by Gasteiger charge is 2.29. The van der Waals surface area contributed by atoms with E-state index in [0.29, 0.717) is 13.0 Å². The summed E-state index contributed by atoms with van der Waals surface area (Å²) in [7, 11) is 0. The number of hydrogen-bond donors (Lipinski definition) is 1. The minimum Gasteiger partial charge on any atom is -0.486 e. The van der Waals surface area contributed by atoms with Crippen LogP contribution in [-0.2, 0) is 17.8 Å². The van der Waals surface area contributed by atoms with E-state index in [1.54, 1.807) is 6.20 Å². The number of ether oxygens (including phenoxy) is 1. The van der Waals surface area contributed by atoms with Gasteiger partial charge in [-0.2, -0.15) is 0 Å². The van der Waals surface area contributed by atoms with Gasteiger partial charge in [0.15, 0.2) is 0 Å². The zero-order chi connectivity index (χ0) is 18.5. The lowest BCUT2D eigenvalue weighted by atomic mass is 10.0. The summed E-state index contributed by atoms with van der Waals surface area (Å²) in [4.78, 5) is 26.9. The molecule has 2 aromatic heterocycles. The molecule has 4 rings (SSSR count). The molecule has 1 aliphatic heterocycles. The fraction of sp³-hybridized carbons (Fsp3) is 0.350. The Kier molecular flexibility index (Phi) is 5.48. The minimum atomic E-state index is 0.0424. The third kappa shape index (κ3) is 4.36. The number of thiazole rings is 1. The standard InChI is InChI=1S/C20H22N4O2S/c25-19(24-11-5-4-8-17(24)20-21-9-10-22-20)12-15-14-27-18(23-15)13-26-16-6-2-1-3-7-16/h1-3,6-7,9-10,14,17H,4-5,8,11-13H2,(H,21,22). The average Bonchev–Trinajstić information content (AvgIpc) is 3.39. The van der Waals surface area contributed by atoms with Gasteiger partial charge in [0.25, 0.3) is 0 Å². The zero-order valence-corrected chi connectivity index (χ0v) is 15.8. The maximum absolute atomic E-state index is 12.9. The zero-order valence-electron chi connectivity index (χ0n) is 15.0. The molecule has 3 aromatic rings. The molecule has 140 valence electrons. The summed E-state index contributed by atoms with van der Waals surface area (Å²) in [5, 5.41) is 2.83. The molecule has 1 aliphatic rings. The summed E-state index contributed by atoms with van der Waals surface area (Å²) in [6.45, 7) is 1.19. The van der Waals surface area contributed by atoms with Gasteiger partial charge in [0.05, 0.1) is 18.2 Å². The summed E-state index contributed by atoms with van der Waals surface area (Å²) in [6.07, 6.45) is 6.98. The van der Waals surface area contributed by atoms with Gasteiger partial charge in [-0.05, 0) is 31.4 Å². The number of amides is 1. The van der Waals surface area contributed by atoms with E-state index in [-0.39, 0.29) is 11.9 Å². The smallest absolute Gasteiger partial charge is 0.229 e. The van der Waals surface area contributed by atoms with E-state index < -0.39 is 0 Å². The van der Waals surface area contributed by atoms with Crippen molar-refractivity contribution >= 4 is 17.2 Å². The van der Waals surface area contributed by atoms with Gasteiger partial charge in [-0.15, -0.1) is 11.3 Å². The number of carbonyl (C=O) groups is 1. The van der Waals surface area contributed by atoms with Crippen LogP contribution in [0.4, 0.5) is 0 Å². The van der Waals surface area contributed by atoms with Crippen molar-refractivity contribution in [2.45, 2.75) is 38.3 Å². The molecule has 0 aliphatic carbocycles. The second-order valence-corrected chi connectivity index (χ2v) is 7.53. The van der Waals surface area contributed by atoms with Gasteiger partial charge in [-0.3, -0.25) is 4.79 Å². The maximum Gasteiger partial charge on any atom is 0.229 e. The van der Waals surface area contributed by atoms with Gasteiger partial charge in [0, 0.05) is 24.3 Å². The Bertz CT molecular complexity index is 863. The molecule has 7 heteroatoms. The molecule has 1 N–H and O–H groups in total. The van der Waals surface area contributed by atoms with Crippen molar-refractivity contribution in [3.63, 3.8) is 0 Å². The number of hydrogen-bond acceptors (Lipinski definition) is 5. The largest absolute Gasteiger partial charge is 0.486 e. The first-order valence-corrected chi connectivity index (χ1v) is 10.1. The SMILES string of the molecule is O=C(Cc1csc(COc2ccccc2)n1)N1CCCCC1c1ncc[nH]1. The molecule has 1 amide bonds. The number of nitrogens with one attached hydrogen (secondary N) is 1. The van der Waals surface area contributed by atoms with Crippen molar-refractivity contribution < 1.29 is 9.53 Å². The van der Waals surface area contributed by atoms with Gasteiger partial charge in [-0.1, -0.05) is 18.2 Å². The Morgan fingerprint density at radius 1 is 1.30 bits per heavy atom. The quantitative estimate of drug-likeness (QED) is 0.705. The van der Waals surface area contributed by atoms with Crippen LogP contribution in [0.1, 0.15) is 41.8 Å². The summed E-state index contributed by atoms with van der Waals surface area (Å²) in [5.74, 6) is 1.80. The van der Waals surface area contributed by atoms with Crippen LogP contribution in [-0.4, -0.2) is 32.3 Å². The van der Waals surface area contributed by atoms with Crippen molar-refractivity contribution in [3.8, 4) is 5.75 Å². The van der Waals surface area contributed by atoms with Crippen molar-refractivity contribution in [3.05, 3.63) is 64.6 Å². The fourth-order valence-electron chi connectivity index (χ4n) is 3.39. The van der Waals surface area contributed by atoms with Crippen molar-refractivity contribution in [2.24, 2.45) is 0 Å². The summed E-state index contributed by atoms with van der Waals surface area (Å²) in [5.41, 5.74) is 0.806. The summed E-state index contributed by atoms with van der Waals surface area (Å²) in [6, 6.07) is 9.72. The maximum atomic E-state index is 12.9. The van der Waals surface area contributed by atoms with Gasteiger partial charge in [-0.25, -0.2) is 9.97 Å². The van der Waals surface area contributed by atoms with Crippen LogP contribution >= 0.6 is 11.3 Å². The monoisotopic (exact) mass is 382 g/mol. The van der Waals surface area contributed by atoms with Crippen LogP contribution in [0, 0.1) is 0 Å². The number of imidazole rings is 1. The van der Waals surface area contributed by atoms with Crippen molar-refractivity contribution in [2.75, 3.05) is 6.54 Å². The van der Waals surface area contributed by atoms with Gasteiger partial charge >= 0.3 is 0 Å². The number of piperidine rings is 1. The van der Waals surface area contributed by atoms with Crippen molar-refractivity contribution in [1.82, 2.24) is 19.9 Å². The summed E-state index contributed by atoms with van der Waals surface area (Å²) < 4.78 is 5.73. The van der Waals surface area contributed by atoms with E-state index in [2.05, 4.69) is 15.0 Å². The molecule has 0 spiro atoms. The average molecular weight is 382 g/mol. The second-order valence-electron chi connectivity index (χ2n) is 6.58. The molecule has 6 nitrogen and oxygen atoms in total. The highest BCUT2D eigenvalue weighted by atomic mass is 32.1. The highest BCUT2D eigenvalue weighted by Crippen LogP contribution is 2.29. The molecule has 27 heavy (non-hydrogen) atoms. The number of para-hydroxylation sites is 1. The molecule has 0 saturated carbocycles. The number of aromatic amines is 1.